The van der Waals surface area contributed by atoms with Crippen LogP contribution in [0.15, 0.2) is 23.4 Å². The van der Waals surface area contributed by atoms with Crippen LogP contribution >= 0.6 is 0 Å². The number of aromatic nitrogens is 6. The summed E-state index contributed by atoms with van der Waals surface area (Å²) in [5.74, 6) is 2.70. The molecule has 10 nitrogen and oxygen atoms in total. The van der Waals surface area contributed by atoms with Gasteiger partial charge in [-0.05, 0) is 19.1 Å². The Labute approximate surface area is 163 Å². The number of sulfonamides is 1. The summed E-state index contributed by atoms with van der Waals surface area (Å²) in [7, 11) is -1.80. The summed E-state index contributed by atoms with van der Waals surface area (Å²) in [4.78, 5) is 6.38. The fraction of sp³-hybridized carbons (Fsp3) is 0.529. The van der Waals surface area contributed by atoms with Gasteiger partial charge in [-0.2, -0.15) is 4.52 Å². The van der Waals surface area contributed by atoms with E-state index in [0.717, 1.165) is 30.6 Å². The van der Waals surface area contributed by atoms with Crippen LogP contribution in [-0.2, 0) is 17.1 Å². The maximum Gasteiger partial charge on any atom is 0.259 e. The number of hydrogen-bond donors (Lipinski definition) is 1. The van der Waals surface area contributed by atoms with Crippen LogP contribution in [0.5, 0.6) is 0 Å². The second-order valence-electron chi connectivity index (χ2n) is 7.53. The lowest BCUT2D eigenvalue weighted by atomic mass is 10.0. The van der Waals surface area contributed by atoms with Gasteiger partial charge in [0, 0.05) is 44.7 Å². The minimum Gasteiger partial charge on any atom is -0.354 e. The third-order valence-corrected chi connectivity index (χ3v) is 6.22. The number of nitrogens with zero attached hydrogens (tertiary/aromatic N) is 7. The first kappa shape index (κ1) is 18.8. The van der Waals surface area contributed by atoms with Gasteiger partial charge in [-0.1, -0.05) is 13.8 Å². The van der Waals surface area contributed by atoms with E-state index in [-0.39, 0.29) is 16.9 Å². The Kier molecular flexibility index (Phi) is 4.58. The van der Waals surface area contributed by atoms with Crippen LogP contribution in [0.2, 0.25) is 0 Å². The van der Waals surface area contributed by atoms with Crippen molar-refractivity contribution in [3.8, 4) is 0 Å². The van der Waals surface area contributed by atoms with Gasteiger partial charge in [0.25, 0.3) is 10.0 Å². The zero-order valence-corrected chi connectivity index (χ0v) is 17.2. The molecule has 1 aliphatic rings. The molecule has 0 aromatic carbocycles. The SMILES string of the molecule is Cc1nnc2ccc(N3CC(CNS(=O)(=O)c4cn(C)c(C(C)C)n4)C3)nn12. The lowest BCUT2D eigenvalue weighted by molar-refractivity contribution is 0.401. The standard InChI is InChI=1S/C17H24N8O2S/c1-11(2)17-19-16(10-23(17)4)28(26,27)18-7-13-8-24(9-13)15-6-5-14-21-20-12(3)25(14)22-15/h5-6,10-11,13,18H,7-9H2,1-4H3. The van der Waals surface area contributed by atoms with Gasteiger partial charge in [-0.15, -0.1) is 15.3 Å². The van der Waals surface area contributed by atoms with E-state index in [9.17, 15) is 8.42 Å². The smallest absolute Gasteiger partial charge is 0.259 e. The maximum atomic E-state index is 12.5. The minimum absolute atomic E-state index is 0.0741. The Morgan fingerprint density at radius 1 is 1.25 bits per heavy atom. The van der Waals surface area contributed by atoms with Crippen molar-refractivity contribution in [2.45, 2.75) is 31.7 Å². The van der Waals surface area contributed by atoms with Crippen molar-refractivity contribution in [1.29, 1.82) is 0 Å². The molecule has 0 radical (unpaired) electrons. The average Bonchev–Trinajstić information content (AvgIpc) is 3.17. The summed E-state index contributed by atoms with van der Waals surface area (Å²) in [5.41, 5.74) is 0.710. The lowest BCUT2D eigenvalue weighted by Crippen LogP contribution is -2.52. The molecule has 3 aromatic heterocycles. The highest BCUT2D eigenvalue weighted by Crippen LogP contribution is 2.23. The summed E-state index contributed by atoms with van der Waals surface area (Å²) in [6.45, 7) is 7.68. The largest absolute Gasteiger partial charge is 0.354 e. The third kappa shape index (κ3) is 3.35. The van der Waals surface area contributed by atoms with Crippen LogP contribution in [0, 0.1) is 12.8 Å². The van der Waals surface area contributed by atoms with Gasteiger partial charge in [0.1, 0.15) is 11.6 Å². The van der Waals surface area contributed by atoms with Crippen molar-refractivity contribution in [2.75, 3.05) is 24.5 Å². The van der Waals surface area contributed by atoms with Gasteiger partial charge < -0.3 is 9.47 Å². The molecule has 1 N–H and O–H groups in total. The average molecular weight is 405 g/mol. The van der Waals surface area contributed by atoms with Gasteiger partial charge in [0.2, 0.25) is 0 Å². The molecule has 0 aliphatic carbocycles. The topological polar surface area (TPSA) is 110 Å². The molecule has 11 heteroatoms. The number of hydrogen-bond acceptors (Lipinski definition) is 7. The third-order valence-electron chi connectivity index (χ3n) is 4.93. The van der Waals surface area contributed by atoms with E-state index in [1.54, 1.807) is 15.3 Å². The molecular weight excluding hydrogens is 380 g/mol. The Morgan fingerprint density at radius 3 is 2.68 bits per heavy atom. The molecule has 4 rings (SSSR count). The second kappa shape index (κ2) is 6.82. The highest BCUT2D eigenvalue weighted by molar-refractivity contribution is 7.89. The lowest BCUT2D eigenvalue weighted by Gasteiger charge is -2.40. The summed E-state index contributed by atoms with van der Waals surface area (Å²) in [5, 5.41) is 12.7. The Hall–Kier alpha value is -2.53. The van der Waals surface area contributed by atoms with E-state index in [0.29, 0.717) is 12.2 Å². The summed E-state index contributed by atoms with van der Waals surface area (Å²) in [6.07, 6.45) is 1.56. The zero-order chi connectivity index (χ0) is 20.1. The molecule has 1 fully saturated rings. The predicted octanol–water partition coefficient (Wildman–Crippen LogP) is 0.704. The number of nitrogens with one attached hydrogen (secondary N) is 1. The fourth-order valence-electron chi connectivity index (χ4n) is 3.36. The number of imidazole rings is 1. The molecule has 0 amide bonds. The molecule has 3 aromatic rings. The van der Waals surface area contributed by atoms with Crippen LogP contribution in [0.1, 0.15) is 31.4 Å². The van der Waals surface area contributed by atoms with Crippen molar-refractivity contribution in [3.05, 3.63) is 30.0 Å². The molecular formula is C17H24N8O2S. The first-order valence-corrected chi connectivity index (χ1v) is 10.7. The summed E-state index contributed by atoms with van der Waals surface area (Å²) in [6, 6.07) is 3.79. The van der Waals surface area contributed by atoms with Gasteiger partial charge >= 0.3 is 0 Å². The van der Waals surface area contributed by atoms with Crippen molar-refractivity contribution in [1.82, 2.24) is 34.1 Å². The van der Waals surface area contributed by atoms with E-state index >= 15 is 0 Å². The van der Waals surface area contributed by atoms with Crippen molar-refractivity contribution in [2.24, 2.45) is 13.0 Å². The van der Waals surface area contributed by atoms with Crippen LogP contribution in [0.3, 0.4) is 0 Å². The monoisotopic (exact) mass is 404 g/mol. The minimum atomic E-state index is -3.61. The van der Waals surface area contributed by atoms with Crippen LogP contribution in [-0.4, -0.2) is 57.4 Å². The van der Waals surface area contributed by atoms with Crippen LogP contribution in [0.4, 0.5) is 5.82 Å². The fourth-order valence-corrected chi connectivity index (χ4v) is 4.47. The van der Waals surface area contributed by atoms with E-state index in [2.05, 4.69) is 29.9 Å². The zero-order valence-electron chi connectivity index (χ0n) is 16.4. The molecule has 0 unspecified atom stereocenters. The number of rotatable bonds is 6. The first-order chi connectivity index (χ1) is 13.2. The maximum absolute atomic E-state index is 12.5. The second-order valence-corrected chi connectivity index (χ2v) is 9.25. The number of anilines is 1. The molecule has 0 saturated carbocycles. The molecule has 0 atom stereocenters. The molecule has 1 saturated heterocycles. The highest BCUT2D eigenvalue weighted by Gasteiger charge is 2.30. The van der Waals surface area contributed by atoms with Gasteiger partial charge in [-0.25, -0.2) is 18.1 Å². The van der Waals surface area contributed by atoms with E-state index < -0.39 is 10.0 Å². The molecule has 1 aliphatic heterocycles. The Bertz CT molecular complexity index is 1110. The van der Waals surface area contributed by atoms with Crippen molar-refractivity contribution < 1.29 is 8.42 Å². The van der Waals surface area contributed by atoms with E-state index in [1.807, 2.05) is 40.0 Å². The molecule has 150 valence electrons. The summed E-state index contributed by atoms with van der Waals surface area (Å²) < 4.78 is 31.2. The number of aryl methyl sites for hydroxylation is 2. The Morgan fingerprint density at radius 2 is 2.00 bits per heavy atom. The summed E-state index contributed by atoms with van der Waals surface area (Å²) >= 11 is 0. The van der Waals surface area contributed by atoms with E-state index in [1.165, 1.54) is 0 Å². The molecule has 0 spiro atoms. The Balaban J connectivity index is 1.36. The normalized spacial score (nSPS) is 15.5. The van der Waals surface area contributed by atoms with Gasteiger partial charge in [0.15, 0.2) is 16.5 Å². The van der Waals surface area contributed by atoms with Gasteiger partial charge in [-0.3, -0.25) is 0 Å². The van der Waals surface area contributed by atoms with Crippen molar-refractivity contribution in [3.63, 3.8) is 0 Å². The quantitative estimate of drug-likeness (QED) is 0.644. The van der Waals surface area contributed by atoms with Crippen LogP contribution in [0.25, 0.3) is 5.65 Å². The molecule has 4 heterocycles. The highest BCUT2D eigenvalue weighted by atomic mass is 32.2. The van der Waals surface area contributed by atoms with Crippen LogP contribution < -0.4 is 9.62 Å². The number of fused-ring (bicyclic) bond motifs is 1. The predicted molar refractivity (Wildman–Crippen MR) is 104 cm³/mol. The van der Waals surface area contributed by atoms with Gasteiger partial charge in [0.05, 0.1) is 0 Å². The molecule has 28 heavy (non-hydrogen) atoms. The van der Waals surface area contributed by atoms with E-state index in [4.69, 9.17) is 0 Å². The first-order valence-electron chi connectivity index (χ1n) is 9.21. The van der Waals surface area contributed by atoms with Crippen molar-refractivity contribution >= 4 is 21.5 Å². The molecule has 0 bridgehead atoms.